The van der Waals surface area contributed by atoms with Crippen molar-refractivity contribution < 1.29 is 14.8 Å². The number of carbonyl (C=O) groups is 2. The van der Waals surface area contributed by atoms with Gasteiger partial charge in [-0.2, -0.15) is 0 Å². The lowest BCUT2D eigenvalue weighted by molar-refractivity contribution is -0.131. The summed E-state index contributed by atoms with van der Waals surface area (Å²) in [6, 6.07) is 10.0. The minimum Gasteiger partial charge on any atom is -0.337 e. The van der Waals surface area contributed by atoms with E-state index in [-0.39, 0.29) is 5.91 Å². The predicted octanol–water partition coefficient (Wildman–Crippen LogP) is 3.12. The van der Waals surface area contributed by atoms with Crippen molar-refractivity contribution in [2.45, 2.75) is 39.2 Å². The van der Waals surface area contributed by atoms with E-state index in [1.54, 1.807) is 11.5 Å². The first kappa shape index (κ1) is 17.6. The normalized spacial score (nSPS) is 13.7. The second-order valence-electron chi connectivity index (χ2n) is 6.64. The number of hydrogen-bond acceptors (Lipinski definition) is 4. The highest BCUT2D eigenvalue weighted by molar-refractivity contribution is 7.14. The number of benzene rings is 1. The molecule has 1 aliphatic rings. The van der Waals surface area contributed by atoms with Crippen LogP contribution in [0.1, 0.15) is 51.0 Å². The van der Waals surface area contributed by atoms with Crippen LogP contribution in [0.2, 0.25) is 0 Å². The van der Waals surface area contributed by atoms with Crippen LogP contribution in [-0.4, -0.2) is 28.5 Å². The van der Waals surface area contributed by atoms with Gasteiger partial charge in [-0.3, -0.25) is 14.8 Å². The van der Waals surface area contributed by atoms with Gasteiger partial charge in [0.05, 0.1) is 17.8 Å². The van der Waals surface area contributed by atoms with E-state index in [0.29, 0.717) is 30.3 Å². The molecule has 1 aliphatic heterocycles. The lowest BCUT2D eigenvalue weighted by atomic mass is 10.0. The largest absolute Gasteiger partial charge is 0.337 e. The van der Waals surface area contributed by atoms with E-state index in [0.717, 1.165) is 22.4 Å². The number of thiophene rings is 1. The van der Waals surface area contributed by atoms with E-state index in [2.05, 4.69) is 26.0 Å². The van der Waals surface area contributed by atoms with Crippen LogP contribution >= 0.6 is 11.3 Å². The van der Waals surface area contributed by atoms with Gasteiger partial charge in [-0.15, -0.1) is 11.3 Å². The molecule has 5 nitrogen and oxygen atoms in total. The quantitative estimate of drug-likeness (QED) is 0.652. The Balaban J connectivity index is 1.66. The van der Waals surface area contributed by atoms with Gasteiger partial charge in [-0.1, -0.05) is 38.1 Å². The smallest absolute Gasteiger partial charge is 0.284 e. The fourth-order valence-electron chi connectivity index (χ4n) is 3.01. The lowest BCUT2D eigenvalue weighted by Gasteiger charge is -2.27. The summed E-state index contributed by atoms with van der Waals surface area (Å²) in [4.78, 5) is 27.5. The number of nitrogens with zero attached hydrogens (tertiary/aromatic N) is 1. The Morgan fingerprint density at radius 3 is 2.64 bits per heavy atom. The number of nitrogens with one attached hydrogen (secondary N) is 1. The molecule has 2 N–H and O–H groups in total. The Bertz CT molecular complexity index is 780. The van der Waals surface area contributed by atoms with E-state index in [1.165, 1.54) is 16.9 Å². The fraction of sp³-hybridized carbons (Fsp3) is 0.368. The number of amides is 2. The highest BCUT2D eigenvalue weighted by atomic mass is 32.1. The van der Waals surface area contributed by atoms with Crippen LogP contribution in [0.5, 0.6) is 0 Å². The second-order valence-corrected chi connectivity index (χ2v) is 7.78. The van der Waals surface area contributed by atoms with Crippen molar-refractivity contribution in [2.75, 3.05) is 6.54 Å². The monoisotopic (exact) mass is 358 g/mol. The minimum absolute atomic E-state index is 0.101. The number of carbonyl (C=O) groups excluding carboxylic acids is 2. The van der Waals surface area contributed by atoms with Crippen molar-refractivity contribution in [3.8, 4) is 0 Å². The standard InChI is InChI=1S/C19H22N2O3S/c1-12(2)14-5-3-13(4-6-14)9-18(22)21-8-7-15-10-16(19(23)20-24)25-17(15)11-21/h3-6,10,12,24H,7-9,11H2,1-2H3,(H,20,23). The third-order valence-corrected chi connectivity index (χ3v) is 5.72. The summed E-state index contributed by atoms with van der Waals surface area (Å²) in [6.07, 6.45) is 1.13. The minimum atomic E-state index is -0.498. The molecule has 6 heteroatoms. The van der Waals surface area contributed by atoms with Crippen LogP contribution in [0.25, 0.3) is 0 Å². The van der Waals surface area contributed by atoms with Crippen molar-refractivity contribution in [1.82, 2.24) is 10.4 Å². The molecule has 0 fully saturated rings. The highest BCUT2D eigenvalue weighted by Gasteiger charge is 2.24. The third-order valence-electron chi connectivity index (χ3n) is 4.56. The molecule has 0 bridgehead atoms. The highest BCUT2D eigenvalue weighted by Crippen LogP contribution is 2.28. The Morgan fingerprint density at radius 2 is 2.00 bits per heavy atom. The molecule has 0 aliphatic carbocycles. The van der Waals surface area contributed by atoms with Crippen molar-refractivity contribution in [3.05, 3.63) is 56.8 Å². The first-order valence-electron chi connectivity index (χ1n) is 8.40. The molecule has 0 saturated carbocycles. The fourth-order valence-corrected chi connectivity index (χ4v) is 4.12. The van der Waals surface area contributed by atoms with Gasteiger partial charge in [0, 0.05) is 11.4 Å². The molecule has 2 aromatic rings. The van der Waals surface area contributed by atoms with Gasteiger partial charge in [-0.25, -0.2) is 5.48 Å². The third kappa shape index (κ3) is 3.91. The SMILES string of the molecule is CC(C)c1ccc(CC(=O)N2CCc3cc(C(=O)NO)sc3C2)cc1. The van der Waals surface area contributed by atoms with E-state index in [4.69, 9.17) is 5.21 Å². The van der Waals surface area contributed by atoms with Gasteiger partial charge in [0.2, 0.25) is 5.91 Å². The zero-order valence-electron chi connectivity index (χ0n) is 14.4. The Kier molecular flexibility index (Phi) is 5.20. The van der Waals surface area contributed by atoms with Gasteiger partial charge in [0.1, 0.15) is 0 Å². The number of hydroxylamine groups is 1. The molecule has 25 heavy (non-hydrogen) atoms. The summed E-state index contributed by atoms with van der Waals surface area (Å²) in [5.41, 5.74) is 5.04. The van der Waals surface area contributed by atoms with Crippen molar-refractivity contribution in [2.24, 2.45) is 0 Å². The Morgan fingerprint density at radius 1 is 1.28 bits per heavy atom. The molecule has 3 rings (SSSR count). The predicted molar refractivity (Wildman–Crippen MR) is 96.9 cm³/mol. The van der Waals surface area contributed by atoms with Crippen LogP contribution in [0.3, 0.4) is 0 Å². The Hall–Kier alpha value is -2.18. The molecule has 1 aromatic heterocycles. The molecule has 0 atom stereocenters. The van der Waals surface area contributed by atoms with Crippen LogP contribution in [0, 0.1) is 0 Å². The number of rotatable bonds is 4. The van der Waals surface area contributed by atoms with Crippen LogP contribution in [0.15, 0.2) is 30.3 Å². The zero-order valence-corrected chi connectivity index (χ0v) is 15.2. The number of hydrogen-bond donors (Lipinski definition) is 2. The molecular weight excluding hydrogens is 336 g/mol. The lowest BCUT2D eigenvalue weighted by Crippen LogP contribution is -2.36. The topological polar surface area (TPSA) is 69.6 Å². The van der Waals surface area contributed by atoms with Crippen molar-refractivity contribution in [3.63, 3.8) is 0 Å². The second kappa shape index (κ2) is 7.37. The van der Waals surface area contributed by atoms with Gasteiger partial charge in [-0.05, 0) is 35.1 Å². The summed E-state index contributed by atoms with van der Waals surface area (Å²) in [5.74, 6) is 0.0847. The molecule has 0 saturated heterocycles. The van der Waals surface area contributed by atoms with Crippen LogP contribution < -0.4 is 5.48 Å². The summed E-state index contributed by atoms with van der Waals surface area (Å²) >= 11 is 1.33. The van der Waals surface area contributed by atoms with Gasteiger partial charge < -0.3 is 4.90 Å². The van der Waals surface area contributed by atoms with Crippen LogP contribution in [-0.2, 0) is 24.2 Å². The molecule has 132 valence electrons. The summed E-state index contributed by atoms with van der Waals surface area (Å²) in [7, 11) is 0. The summed E-state index contributed by atoms with van der Waals surface area (Å²) in [6.45, 7) is 5.49. The summed E-state index contributed by atoms with van der Waals surface area (Å²) < 4.78 is 0. The average molecular weight is 358 g/mol. The van der Waals surface area contributed by atoms with E-state index >= 15 is 0 Å². The van der Waals surface area contributed by atoms with E-state index in [9.17, 15) is 9.59 Å². The Labute approximate surface area is 151 Å². The van der Waals surface area contributed by atoms with Gasteiger partial charge in [0.15, 0.2) is 0 Å². The molecule has 1 aromatic carbocycles. The molecule has 0 spiro atoms. The summed E-state index contributed by atoms with van der Waals surface area (Å²) in [5, 5.41) is 8.75. The van der Waals surface area contributed by atoms with Gasteiger partial charge in [0.25, 0.3) is 5.91 Å². The van der Waals surface area contributed by atoms with E-state index < -0.39 is 5.91 Å². The zero-order chi connectivity index (χ0) is 18.0. The molecule has 0 unspecified atom stereocenters. The van der Waals surface area contributed by atoms with E-state index in [1.807, 2.05) is 17.0 Å². The first-order valence-corrected chi connectivity index (χ1v) is 9.22. The maximum absolute atomic E-state index is 12.6. The average Bonchev–Trinajstić information content (AvgIpc) is 3.04. The maximum atomic E-state index is 12.6. The molecular formula is C19H22N2O3S. The maximum Gasteiger partial charge on any atom is 0.284 e. The molecule has 2 heterocycles. The van der Waals surface area contributed by atoms with Crippen molar-refractivity contribution in [1.29, 1.82) is 0 Å². The van der Waals surface area contributed by atoms with Gasteiger partial charge >= 0.3 is 0 Å². The molecule has 0 radical (unpaired) electrons. The molecule has 2 amide bonds. The number of fused-ring (bicyclic) bond motifs is 1. The van der Waals surface area contributed by atoms with Crippen molar-refractivity contribution >= 4 is 23.2 Å². The first-order chi connectivity index (χ1) is 12.0. The van der Waals surface area contributed by atoms with Crippen LogP contribution in [0.4, 0.5) is 0 Å².